The molecule has 2 aromatic carbocycles. The first-order chi connectivity index (χ1) is 11.1. The van der Waals surface area contributed by atoms with Crippen LogP contribution in [0.15, 0.2) is 30.3 Å². The lowest BCUT2D eigenvalue weighted by Gasteiger charge is -2.15. The van der Waals surface area contributed by atoms with Gasteiger partial charge < -0.3 is 14.8 Å². The lowest BCUT2D eigenvalue weighted by molar-refractivity contribution is 0.292. The Hall–Kier alpha value is -1.14. The molecule has 2 rings (SSSR count). The quantitative estimate of drug-likeness (QED) is 0.558. The minimum atomic E-state index is 0.686. The molecular formula is C18H21ClINO2. The maximum absolute atomic E-state index is 6.16. The molecule has 3 nitrogen and oxygen atoms in total. The predicted molar refractivity (Wildman–Crippen MR) is 105 cm³/mol. The Kier molecular flexibility index (Phi) is 6.84. The molecular weight excluding hydrogens is 425 g/mol. The van der Waals surface area contributed by atoms with E-state index in [0.29, 0.717) is 13.2 Å². The largest absolute Gasteiger partial charge is 0.493 e. The molecule has 124 valence electrons. The Morgan fingerprint density at radius 1 is 1.26 bits per heavy atom. The van der Waals surface area contributed by atoms with Crippen molar-refractivity contribution < 1.29 is 9.47 Å². The summed E-state index contributed by atoms with van der Waals surface area (Å²) in [5.41, 5.74) is 3.23. The van der Waals surface area contributed by atoms with Gasteiger partial charge in [-0.15, -0.1) is 0 Å². The van der Waals surface area contributed by atoms with Gasteiger partial charge in [0.15, 0.2) is 11.5 Å². The number of ether oxygens (including phenoxy) is 2. The molecule has 1 N–H and O–H groups in total. The molecule has 0 unspecified atom stereocenters. The van der Waals surface area contributed by atoms with Gasteiger partial charge >= 0.3 is 0 Å². The van der Waals surface area contributed by atoms with Gasteiger partial charge in [-0.2, -0.15) is 0 Å². The summed E-state index contributed by atoms with van der Waals surface area (Å²) in [6.07, 6.45) is 0.969. The van der Waals surface area contributed by atoms with Crippen LogP contribution in [0.25, 0.3) is 0 Å². The zero-order valence-electron chi connectivity index (χ0n) is 13.6. The number of benzene rings is 2. The Labute approximate surface area is 156 Å². The second kappa shape index (κ2) is 8.64. The number of methoxy groups -OCH3 is 1. The minimum Gasteiger partial charge on any atom is -0.493 e. The molecule has 0 aliphatic carbocycles. The van der Waals surface area contributed by atoms with E-state index in [4.69, 9.17) is 21.1 Å². The van der Waals surface area contributed by atoms with Crippen LogP contribution in [0.5, 0.6) is 11.5 Å². The van der Waals surface area contributed by atoms with Crippen LogP contribution in [0.3, 0.4) is 0 Å². The average molecular weight is 446 g/mol. The van der Waals surface area contributed by atoms with E-state index in [0.717, 1.165) is 43.3 Å². The van der Waals surface area contributed by atoms with Crippen LogP contribution >= 0.6 is 34.2 Å². The Morgan fingerprint density at radius 2 is 2.04 bits per heavy atom. The van der Waals surface area contributed by atoms with Gasteiger partial charge in [0.2, 0.25) is 0 Å². The highest BCUT2D eigenvalue weighted by atomic mass is 127. The van der Waals surface area contributed by atoms with E-state index in [-0.39, 0.29) is 0 Å². The van der Waals surface area contributed by atoms with Gasteiger partial charge in [-0.05, 0) is 71.3 Å². The second-order valence-electron chi connectivity index (χ2n) is 5.22. The van der Waals surface area contributed by atoms with Crippen molar-refractivity contribution in [3.63, 3.8) is 0 Å². The van der Waals surface area contributed by atoms with Crippen LogP contribution in [0.1, 0.15) is 24.5 Å². The summed E-state index contributed by atoms with van der Waals surface area (Å²) in [5.74, 6) is 1.59. The molecule has 0 aromatic heterocycles. The Bertz CT molecular complexity index is 676. The number of hydrogen-bond acceptors (Lipinski definition) is 3. The predicted octanol–water partition coefficient (Wildman–Crippen LogP) is 5.66. The molecule has 0 bridgehead atoms. The number of halogens is 2. The standard InChI is InChI=1S/C18H21ClINO2/c1-4-8-23-18-15(20)9-13(10-17(18)22-3)11-21-16-7-5-6-14(19)12(16)2/h5-7,9-10,21H,4,8,11H2,1-3H3. The van der Waals surface area contributed by atoms with E-state index in [1.54, 1.807) is 7.11 Å². The van der Waals surface area contributed by atoms with Crippen LogP contribution in [-0.2, 0) is 6.54 Å². The first kappa shape index (κ1) is 18.2. The van der Waals surface area contributed by atoms with Gasteiger partial charge in [-0.25, -0.2) is 0 Å². The molecule has 0 saturated heterocycles. The van der Waals surface area contributed by atoms with Crippen molar-refractivity contribution in [2.24, 2.45) is 0 Å². The van der Waals surface area contributed by atoms with E-state index >= 15 is 0 Å². The summed E-state index contributed by atoms with van der Waals surface area (Å²) < 4.78 is 12.3. The fraction of sp³-hybridized carbons (Fsp3) is 0.333. The number of nitrogens with one attached hydrogen (secondary N) is 1. The summed E-state index contributed by atoms with van der Waals surface area (Å²) >= 11 is 8.45. The van der Waals surface area contributed by atoms with Crippen molar-refractivity contribution in [1.29, 1.82) is 0 Å². The topological polar surface area (TPSA) is 30.5 Å². The summed E-state index contributed by atoms with van der Waals surface area (Å²) in [6.45, 7) is 5.48. The molecule has 0 aliphatic heterocycles. The van der Waals surface area contributed by atoms with Gasteiger partial charge in [0.05, 0.1) is 17.3 Å². The SMILES string of the molecule is CCCOc1c(I)cc(CNc2cccc(Cl)c2C)cc1OC. The Morgan fingerprint density at radius 3 is 2.74 bits per heavy atom. The van der Waals surface area contributed by atoms with Crippen molar-refractivity contribution in [2.75, 3.05) is 19.0 Å². The molecule has 0 aliphatic rings. The molecule has 5 heteroatoms. The maximum Gasteiger partial charge on any atom is 0.174 e. The molecule has 0 heterocycles. The first-order valence-electron chi connectivity index (χ1n) is 7.55. The van der Waals surface area contributed by atoms with Crippen molar-refractivity contribution in [1.82, 2.24) is 0 Å². The maximum atomic E-state index is 6.16. The second-order valence-corrected chi connectivity index (χ2v) is 6.79. The lowest BCUT2D eigenvalue weighted by Crippen LogP contribution is -2.04. The minimum absolute atomic E-state index is 0.686. The number of rotatable bonds is 7. The number of hydrogen-bond donors (Lipinski definition) is 1. The van der Waals surface area contributed by atoms with E-state index in [1.165, 1.54) is 0 Å². The molecule has 0 amide bonds. The summed E-state index contributed by atoms with van der Waals surface area (Å²) in [6, 6.07) is 10.0. The van der Waals surface area contributed by atoms with E-state index in [1.807, 2.05) is 31.2 Å². The van der Waals surface area contributed by atoms with Crippen molar-refractivity contribution >= 4 is 39.9 Å². The van der Waals surface area contributed by atoms with Crippen molar-refractivity contribution in [3.05, 3.63) is 50.1 Å². The van der Waals surface area contributed by atoms with Crippen molar-refractivity contribution in [3.8, 4) is 11.5 Å². The van der Waals surface area contributed by atoms with Crippen LogP contribution in [0.2, 0.25) is 5.02 Å². The zero-order valence-corrected chi connectivity index (χ0v) is 16.5. The first-order valence-corrected chi connectivity index (χ1v) is 9.00. The molecule has 0 atom stereocenters. The summed E-state index contributed by atoms with van der Waals surface area (Å²) in [5, 5.41) is 4.20. The van der Waals surface area contributed by atoms with Crippen LogP contribution in [0, 0.1) is 10.5 Å². The van der Waals surface area contributed by atoms with Gasteiger partial charge in [0.1, 0.15) is 0 Å². The third-order valence-electron chi connectivity index (χ3n) is 3.49. The smallest absolute Gasteiger partial charge is 0.174 e. The highest BCUT2D eigenvalue weighted by Gasteiger charge is 2.12. The third kappa shape index (κ3) is 4.67. The van der Waals surface area contributed by atoms with Crippen LogP contribution in [0.4, 0.5) is 5.69 Å². The highest BCUT2D eigenvalue weighted by Crippen LogP contribution is 2.34. The van der Waals surface area contributed by atoms with Crippen LogP contribution < -0.4 is 14.8 Å². The normalized spacial score (nSPS) is 10.5. The highest BCUT2D eigenvalue weighted by molar-refractivity contribution is 14.1. The molecule has 2 aromatic rings. The van der Waals surface area contributed by atoms with Crippen molar-refractivity contribution in [2.45, 2.75) is 26.8 Å². The monoisotopic (exact) mass is 445 g/mol. The fourth-order valence-electron chi connectivity index (χ4n) is 2.22. The van der Waals surface area contributed by atoms with Gasteiger partial charge in [0, 0.05) is 17.3 Å². The lowest BCUT2D eigenvalue weighted by atomic mass is 10.1. The fourth-order valence-corrected chi connectivity index (χ4v) is 3.21. The third-order valence-corrected chi connectivity index (χ3v) is 4.70. The number of anilines is 1. The van der Waals surface area contributed by atoms with E-state index < -0.39 is 0 Å². The molecule has 0 fully saturated rings. The average Bonchev–Trinajstić information content (AvgIpc) is 2.54. The van der Waals surface area contributed by atoms with E-state index in [2.05, 4.69) is 40.9 Å². The van der Waals surface area contributed by atoms with E-state index in [9.17, 15) is 0 Å². The Balaban J connectivity index is 2.17. The summed E-state index contributed by atoms with van der Waals surface area (Å²) in [7, 11) is 1.67. The van der Waals surface area contributed by atoms with Gasteiger partial charge in [0.25, 0.3) is 0 Å². The molecule has 23 heavy (non-hydrogen) atoms. The molecule has 0 saturated carbocycles. The van der Waals surface area contributed by atoms with Crippen LogP contribution in [-0.4, -0.2) is 13.7 Å². The van der Waals surface area contributed by atoms with Gasteiger partial charge in [-0.3, -0.25) is 0 Å². The zero-order chi connectivity index (χ0) is 16.8. The van der Waals surface area contributed by atoms with Gasteiger partial charge in [-0.1, -0.05) is 24.6 Å². The molecule has 0 radical (unpaired) electrons. The summed E-state index contributed by atoms with van der Waals surface area (Å²) in [4.78, 5) is 0. The molecule has 0 spiro atoms.